The molecule has 0 aliphatic heterocycles. The molecule has 0 aliphatic carbocycles. The van der Waals surface area contributed by atoms with Gasteiger partial charge in [-0.15, -0.1) is 0 Å². The molecule has 0 amide bonds. The first-order chi connectivity index (χ1) is 39.5. The number of hydrogen-bond acceptors (Lipinski definition) is 6. The Balaban J connectivity index is 4.44. The molecule has 6 heteroatoms. The van der Waals surface area contributed by atoms with E-state index in [1.54, 1.807) is 0 Å². The van der Waals surface area contributed by atoms with E-state index in [4.69, 9.17) is 14.2 Å². The van der Waals surface area contributed by atoms with E-state index >= 15 is 0 Å². The Bertz CT molecular complexity index is 1790. The third kappa shape index (κ3) is 63.9. The lowest BCUT2D eigenvalue weighted by molar-refractivity contribution is -0.167. The van der Waals surface area contributed by atoms with Gasteiger partial charge in [0.25, 0.3) is 0 Å². The van der Waals surface area contributed by atoms with Crippen molar-refractivity contribution in [2.75, 3.05) is 13.2 Å². The quantitative estimate of drug-likeness (QED) is 0.0261. The van der Waals surface area contributed by atoms with Crippen molar-refractivity contribution in [2.45, 2.75) is 277 Å². The largest absolute Gasteiger partial charge is 0.462 e. The molecule has 6 nitrogen and oxygen atoms in total. The van der Waals surface area contributed by atoms with Gasteiger partial charge in [0.05, 0.1) is 0 Å². The van der Waals surface area contributed by atoms with Crippen molar-refractivity contribution >= 4 is 17.9 Å². The van der Waals surface area contributed by atoms with Crippen LogP contribution in [0.3, 0.4) is 0 Å². The maximum atomic E-state index is 12.9. The summed E-state index contributed by atoms with van der Waals surface area (Å²) in [6.45, 7) is 6.35. The van der Waals surface area contributed by atoms with Crippen molar-refractivity contribution in [1.29, 1.82) is 0 Å². The van der Waals surface area contributed by atoms with Gasteiger partial charge in [0, 0.05) is 19.3 Å². The van der Waals surface area contributed by atoms with E-state index in [1.165, 1.54) is 83.5 Å². The number of carbonyl (C=O) groups excluding carboxylic acids is 3. The van der Waals surface area contributed by atoms with Gasteiger partial charge in [-0.05, 0) is 128 Å². The van der Waals surface area contributed by atoms with E-state index < -0.39 is 6.10 Å². The van der Waals surface area contributed by atoms with Gasteiger partial charge in [-0.3, -0.25) is 14.4 Å². The third-order valence-corrected chi connectivity index (χ3v) is 13.3. The summed E-state index contributed by atoms with van der Waals surface area (Å²) in [4.78, 5) is 38.3. The number of esters is 3. The zero-order valence-electron chi connectivity index (χ0n) is 51.5. The SMILES string of the molecule is CC/C=C\C/C=C\C/C=C\C/C=C\C/C=C\C/C=C\C/C=C\C/C=C\C/C=C\CCCCCC(=O)OCC(COC(=O)CCCC/C=C\C/C=C\C/C=C\C/C=C\CC)OC(=O)CCCCCCCCCCCCCCCCCC. The maximum Gasteiger partial charge on any atom is 0.306 e. The molecule has 0 spiro atoms. The number of allylic oxidation sites excluding steroid dienone is 26. The summed E-state index contributed by atoms with van der Waals surface area (Å²) in [6.07, 6.45) is 96.8. The van der Waals surface area contributed by atoms with Crippen LogP contribution in [0.2, 0.25) is 0 Å². The third-order valence-electron chi connectivity index (χ3n) is 13.3. The first-order valence-electron chi connectivity index (χ1n) is 32.5. The molecule has 1 unspecified atom stereocenters. The molecule has 0 fully saturated rings. The highest BCUT2D eigenvalue weighted by Crippen LogP contribution is 2.15. The van der Waals surface area contributed by atoms with E-state index in [1.807, 2.05) is 0 Å². The number of unbranched alkanes of at least 4 members (excludes halogenated alkanes) is 20. The predicted octanol–water partition coefficient (Wildman–Crippen LogP) is 22.5. The van der Waals surface area contributed by atoms with Crippen LogP contribution in [0.15, 0.2) is 158 Å². The van der Waals surface area contributed by atoms with Gasteiger partial charge >= 0.3 is 17.9 Å². The van der Waals surface area contributed by atoms with E-state index in [9.17, 15) is 14.4 Å². The molecule has 1 atom stereocenters. The summed E-state index contributed by atoms with van der Waals surface area (Å²) >= 11 is 0. The average molecular weight is 1100 g/mol. The van der Waals surface area contributed by atoms with Crippen molar-refractivity contribution in [3.05, 3.63) is 158 Å². The van der Waals surface area contributed by atoms with Crippen LogP contribution in [0, 0.1) is 0 Å². The number of rotatable bonds is 57. The molecule has 0 N–H and O–H groups in total. The summed E-state index contributed by atoms with van der Waals surface area (Å²) in [6, 6.07) is 0. The molecule has 0 aromatic carbocycles. The van der Waals surface area contributed by atoms with Gasteiger partial charge in [0.1, 0.15) is 13.2 Å². The summed E-state index contributed by atoms with van der Waals surface area (Å²) in [7, 11) is 0. The first kappa shape index (κ1) is 75.0. The Morgan fingerprint density at radius 3 is 0.787 bits per heavy atom. The van der Waals surface area contributed by atoms with E-state index in [0.717, 1.165) is 141 Å². The predicted molar refractivity (Wildman–Crippen MR) is 348 cm³/mol. The van der Waals surface area contributed by atoms with Crippen molar-refractivity contribution in [3.8, 4) is 0 Å². The second kappa shape index (κ2) is 66.5. The van der Waals surface area contributed by atoms with Gasteiger partial charge in [-0.2, -0.15) is 0 Å². The van der Waals surface area contributed by atoms with Crippen LogP contribution < -0.4 is 0 Å². The molecule has 0 saturated heterocycles. The van der Waals surface area contributed by atoms with Crippen LogP contribution >= 0.6 is 0 Å². The monoisotopic (exact) mass is 1100 g/mol. The van der Waals surface area contributed by atoms with Crippen LogP contribution in [-0.4, -0.2) is 37.2 Å². The van der Waals surface area contributed by atoms with Crippen LogP contribution in [0.4, 0.5) is 0 Å². The van der Waals surface area contributed by atoms with Gasteiger partial charge in [0.2, 0.25) is 0 Å². The van der Waals surface area contributed by atoms with E-state index in [2.05, 4.69) is 179 Å². The van der Waals surface area contributed by atoms with Crippen molar-refractivity contribution < 1.29 is 28.6 Å². The Morgan fingerprint density at radius 1 is 0.263 bits per heavy atom. The van der Waals surface area contributed by atoms with Crippen LogP contribution in [0.1, 0.15) is 271 Å². The Morgan fingerprint density at radius 2 is 0.487 bits per heavy atom. The fraction of sp³-hybridized carbons (Fsp3) is 0.608. The minimum Gasteiger partial charge on any atom is -0.462 e. The standard InChI is InChI=1S/C74H118O6/c1-4-7-10-13-16-19-22-25-28-30-31-32-33-34-35-36-37-38-39-40-41-42-43-44-47-49-52-55-58-61-64-67-73(76)79-70-71(69-78-72(75)66-63-60-57-54-51-48-45-27-24-21-18-15-12-9-6-3)80-74(77)68-65-62-59-56-53-50-46-29-26-23-20-17-14-11-8-5-2/h7,9-10,12,16,18-19,21,25,27-28,31-32,34-35,37-38,40-41,43-45,49,51-52,54,71H,4-6,8,11,13-15,17,20,22-24,26,29-30,33,36,39,42,46-48,50,53,55-70H2,1-3H3/b10-7-,12-9-,19-16-,21-18-,28-25-,32-31-,35-34-,38-37-,41-40-,44-43-,45-27-,52-49-,54-51-. The zero-order valence-corrected chi connectivity index (χ0v) is 51.5. The molecule has 450 valence electrons. The molecule has 0 bridgehead atoms. The van der Waals surface area contributed by atoms with Gasteiger partial charge in [-0.25, -0.2) is 0 Å². The van der Waals surface area contributed by atoms with Gasteiger partial charge < -0.3 is 14.2 Å². The number of ether oxygens (including phenoxy) is 3. The molecule has 80 heavy (non-hydrogen) atoms. The smallest absolute Gasteiger partial charge is 0.306 e. The molecule has 0 saturated carbocycles. The molecule has 0 aliphatic rings. The Labute approximate surface area is 492 Å². The van der Waals surface area contributed by atoms with Gasteiger partial charge in [-0.1, -0.05) is 281 Å². The highest BCUT2D eigenvalue weighted by molar-refractivity contribution is 5.71. The minimum atomic E-state index is -0.815. The van der Waals surface area contributed by atoms with E-state index in [-0.39, 0.29) is 31.1 Å². The summed E-state index contributed by atoms with van der Waals surface area (Å²) in [5.41, 5.74) is 0. The maximum absolute atomic E-state index is 12.9. The fourth-order valence-corrected chi connectivity index (χ4v) is 8.48. The zero-order chi connectivity index (χ0) is 57.8. The lowest BCUT2D eigenvalue weighted by Crippen LogP contribution is -2.30. The lowest BCUT2D eigenvalue weighted by atomic mass is 10.0. The summed E-state index contributed by atoms with van der Waals surface area (Å²) < 4.78 is 16.9. The number of hydrogen-bond donors (Lipinski definition) is 0. The molecule has 0 rings (SSSR count). The molecule has 0 aromatic rings. The van der Waals surface area contributed by atoms with Gasteiger partial charge in [0.15, 0.2) is 6.10 Å². The topological polar surface area (TPSA) is 78.9 Å². The van der Waals surface area contributed by atoms with Crippen molar-refractivity contribution in [2.24, 2.45) is 0 Å². The lowest BCUT2D eigenvalue weighted by Gasteiger charge is -2.18. The molecular weight excluding hydrogens is 985 g/mol. The Kier molecular flexibility index (Phi) is 62.4. The Hall–Kier alpha value is -4.97. The highest BCUT2D eigenvalue weighted by atomic mass is 16.6. The van der Waals surface area contributed by atoms with Crippen molar-refractivity contribution in [1.82, 2.24) is 0 Å². The molecular formula is C74H118O6. The summed E-state index contributed by atoms with van der Waals surface area (Å²) in [5.74, 6) is -0.984. The molecule has 0 radical (unpaired) electrons. The van der Waals surface area contributed by atoms with Crippen LogP contribution in [0.25, 0.3) is 0 Å². The molecule has 0 aromatic heterocycles. The van der Waals surface area contributed by atoms with Crippen LogP contribution in [0.5, 0.6) is 0 Å². The molecule has 0 heterocycles. The minimum absolute atomic E-state index is 0.113. The second-order valence-electron chi connectivity index (χ2n) is 20.9. The highest BCUT2D eigenvalue weighted by Gasteiger charge is 2.19. The summed E-state index contributed by atoms with van der Waals surface area (Å²) in [5, 5.41) is 0. The van der Waals surface area contributed by atoms with Crippen LogP contribution in [-0.2, 0) is 28.6 Å². The normalized spacial score (nSPS) is 13.2. The first-order valence-corrected chi connectivity index (χ1v) is 32.5. The average Bonchev–Trinajstić information content (AvgIpc) is 3.46. The van der Waals surface area contributed by atoms with E-state index in [0.29, 0.717) is 25.7 Å². The number of carbonyl (C=O) groups is 3. The second-order valence-corrected chi connectivity index (χ2v) is 20.9. The fourth-order valence-electron chi connectivity index (χ4n) is 8.48. The van der Waals surface area contributed by atoms with Crippen molar-refractivity contribution in [3.63, 3.8) is 0 Å².